The van der Waals surface area contributed by atoms with Crippen molar-refractivity contribution in [1.29, 1.82) is 5.26 Å². The normalized spacial score (nSPS) is 15.8. The standard InChI is InChI=1S/C38H48N6O6S/c1-5-28(4)36(44-19-18-42(38(44)47)25-32-13-9-12-31(20-32)22-39)37(46)41-34(21-29-10-7-6-8-11-29)35(45)26-43(24-27(2)3)51(49,50)33-16-14-30(15-17-33)23-40-48/h6-17,20,27-28,34-36,45H,5,18-19,21,23-26H2,1-4H3,(H,41,46)/t28-,34-,35+,36-/m0/s1. The number of nitroso groups, excluding NO2 is 1. The van der Waals surface area contributed by atoms with Gasteiger partial charge in [0.2, 0.25) is 15.9 Å². The molecule has 0 saturated carbocycles. The van der Waals surface area contributed by atoms with Crippen molar-refractivity contribution in [3.05, 3.63) is 106 Å². The molecule has 272 valence electrons. The Labute approximate surface area is 301 Å². The van der Waals surface area contributed by atoms with Gasteiger partial charge in [0.1, 0.15) is 12.6 Å². The van der Waals surface area contributed by atoms with E-state index in [0.717, 1.165) is 11.1 Å². The van der Waals surface area contributed by atoms with Crippen molar-refractivity contribution in [2.75, 3.05) is 26.2 Å². The lowest BCUT2D eigenvalue weighted by Gasteiger charge is -2.35. The summed E-state index contributed by atoms with van der Waals surface area (Å²) in [4.78, 5) is 42.0. The number of sulfonamides is 1. The van der Waals surface area contributed by atoms with Gasteiger partial charge in [-0.2, -0.15) is 14.5 Å². The van der Waals surface area contributed by atoms with Crippen molar-refractivity contribution in [2.45, 2.75) is 76.7 Å². The number of carbonyl (C=O) groups excluding carboxylic acids is 2. The van der Waals surface area contributed by atoms with E-state index in [2.05, 4.69) is 16.6 Å². The average Bonchev–Trinajstić information content (AvgIpc) is 3.46. The highest BCUT2D eigenvalue weighted by atomic mass is 32.2. The van der Waals surface area contributed by atoms with Crippen LogP contribution in [0, 0.1) is 28.1 Å². The fourth-order valence-corrected chi connectivity index (χ4v) is 7.94. The molecule has 1 fully saturated rings. The summed E-state index contributed by atoms with van der Waals surface area (Å²) < 4.78 is 29.0. The number of amides is 3. The van der Waals surface area contributed by atoms with E-state index < -0.39 is 34.1 Å². The number of aliphatic hydroxyl groups excluding tert-OH is 1. The molecule has 13 heteroatoms. The van der Waals surface area contributed by atoms with Crippen molar-refractivity contribution in [1.82, 2.24) is 19.4 Å². The van der Waals surface area contributed by atoms with E-state index in [9.17, 15) is 33.3 Å². The second kappa shape index (κ2) is 18.0. The summed E-state index contributed by atoms with van der Waals surface area (Å²) >= 11 is 0. The zero-order valence-corrected chi connectivity index (χ0v) is 30.5. The second-order valence-corrected chi connectivity index (χ2v) is 15.5. The number of carbonyl (C=O) groups is 2. The van der Waals surface area contributed by atoms with E-state index in [4.69, 9.17) is 0 Å². The zero-order chi connectivity index (χ0) is 37.1. The summed E-state index contributed by atoms with van der Waals surface area (Å²) in [5.41, 5.74) is 2.73. The van der Waals surface area contributed by atoms with Crippen LogP contribution in [0.25, 0.3) is 0 Å². The molecule has 4 atom stereocenters. The lowest BCUT2D eigenvalue weighted by Crippen LogP contribution is -2.57. The van der Waals surface area contributed by atoms with Gasteiger partial charge in [0, 0.05) is 32.7 Å². The number of nitrogens with zero attached hydrogens (tertiary/aromatic N) is 5. The maximum atomic E-state index is 14.3. The molecule has 0 bridgehead atoms. The van der Waals surface area contributed by atoms with E-state index >= 15 is 0 Å². The molecule has 0 aliphatic carbocycles. The highest BCUT2D eigenvalue weighted by Crippen LogP contribution is 2.24. The molecule has 1 heterocycles. The third-order valence-electron chi connectivity index (χ3n) is 9.20. The monoisotopic (exact) mass is 716 g/mol. The Kier molecular flexibility index (Phi) is 13.8. The van der Waals surface area contributed by atoms with Gasteiger partial charge in [0.05, 0.1) is 28.7 Å². The lowest BCUT2D eigenvalue weighted by atomic mass is 9.95. The molecule has 1 aliphatic heterocycles. The van der Waals surface area contributed by atoms with Crippen molar-refractivity contribution in [2.24, 2.45) is 17.0 Å². The third-order valence-corrected chi connectivity index (χ3v) is 11.0. The fourth-order valence-electron chi connectivity index (χ4n) is 6.32. The van der Waals surface area contributed by atoms with Crippen molar-refractivity contribution < 1.29 is 23.1 Å². The van der Waals surface area contributed by atoms with E-state index in [1.165, 1.54) is 28.6 Å². The first-order chi connectivity index (χ1) is 24.4. The maximum absolute atomic E-state index is 14.3. The molecule has 3 amide bonds. The van der Waals surface area contributed by atoms with Crippen LogP contribution in [0.4, 0.5) is 4.79 Å². The number of urea groups is 1. The highest BCUT2D eigenvalue weighted by molar-refractivity contribution is 7.89. The van der Waals surface area contributed by atoms with E-state index in [1.54, 1.807) is 28.0 Å². The second-order valence-electron chi connectivity index (χ2n) is 13.6. The van der Waals surface area contributed by atoms with Crippen LogP contribution in [-0.2, 0) is 34.3 Å². The topological polar surface area (TPSA) is 163 Å². The van der Waals surface area contributed by atoms with Crippen LogP contribution in [0.2, 0.25) is 0 Å². The number of nitrogens with one attached hydrogen (secondary N) is 1. The van der Waals surface area contributed by atoms with Gasteiger partial charge in [0.25, 0.3) is 0 Å². The summed E-state index contributed by atoms with van der Waals surface area (Å²) in [7, 11) is -4.07. The van der Waals surface area contributed by atoms with Gasteiger partial charge in [-0.15, -0.1) is 0 Å². The first kappa shape index (κ1) is 39.2. The maximum Gasteiger partial charge on any atom is 0.321 e. The number of aliphatic hydroxyl groups is 1. The van der Waals surface area contributed by atoms with Crippen LogP contribution >= 0.6 is 0 Å². The Morgan fingerprint density at radius 3 is 2.29 bits per heavy atom. The van der Waals surface area contributed by atoms with Crippen LogP contribution in [-0.4, -0.2) is 83.9 Å². The Morgan fingerprint density at radius 2 is 1.67 bits per heavy atom. The van der Waals surface area contributed by atoms with Gasteiger partial charge in [-0.25, -0.2) is 13.2 Å². The fraction of sp³-hybridized carbons (Fsp3) is 0.447. The molecule has 51 heavy (non-hydrogen) atoms. The number of rotatable bonds is 18. The molecular formula is C38H48N6O6S. The largest absolute Gasteiger partial charge is 0.390 e. The van der Waals surface area contributed by atoms with Gasteiger partial charge < -0.3 is 20.2 Å². The van der Waals surface area contributed by atoms with Crippen LogP contribution < -0.4 is 5.32 Å². The molecule has 12 nitrogen and oxygen atoms in total. The summed E-state index contributed by atoms with van der Waals surface area (Å²) in [5, 5.41) is 27.0. The molecule has 0 aromatic heterocycles. The molecule has 2 N–H and O–H groups in total. The minimum absolute atomic E-state index is 0.0157. The minimum atomic E-state index is -4.07. The third kappa shape index (κ3) is 10.2. The predicted molar refractivity (Wildman–Crippen MR) is 195 cm³/mol. The summed E-state index contributed by atoms with van der Waals surface area (Å²) in [5.74, 6) is -0.724. The first-order valence-electron chi connectivity index (χ1n) is 17.3. The molecule has 3 aromatic rings. The summed E-state index contributed by atoms with van der Waals surface area (Å²) in [6.07, 6.45) is -0.476. The average molecular weight is 717 g/mol. The SMILES string of the molecule is CC[C@H](C)[C@@H](C(=O)N[C@@H](Cc1ccccc1)[C@H](O)CN(CC(C)C)S(=O)(=O)c1ccc(CN=O)cc1)N1CCN(Cc2cccc(C#N)c2)C1=O. The molecule has 1 saturated heterocycles. The van der Waals surface area contributed by atoms with Crippen LogP contribution in [0.15, 0.2) is 88.9 Å². The van der Waals surface area contributed by atoms with Gasteiger partial charge in [0.15, 0.2) is 0 Å². The molecule has 0 unspecified atom stereocenters. The lowest BCUT2D eigenvalue weighted by molar-refractivity contribution is -0.128. The van der Waals surface area contributed by atoms with Crippen LogP contribution in [0.1, 0.15) is 56.4 Å². The first-order valence-corrected chi connectivity index (χ1v) is 18.8. The Balaban J connectivity index is 1.59. The summed E-state index contributed by atoms with van der Waals surface area (Å²) in [6.45, 7) is 8.39. The summed E-state index contributed by atoms with van der Waals surface area (Å²) in [6, 6.07) is 22.4. The molecule has 0 radical (unpaired) electrons. The quantitative estimate of drug-likeness (QED) is 0.177. The van der Waals surface area contributed by atoms with Gasteiger partial charge in [-0.05, 0) is 59.2 Å². The molecular weight excluding hydrogens is 669 g/mol. The Bertz CT molecular complexity index is 1780. The van der Waals surface area contributed by atoms with Gasteiger partial charge in [-0.3, -0.25) is 4.79 Å². The smallest absolute Gasteiger partial charge is 0.321 e. The van der Waals surface area contributed by atoms with Crippen molar-refractivity contribution in [3.63, 3.8) is 0 Å². The Morgan fingerprint density at radius 1 is 0.980 bits per heavy atom. The number of benzene rings is 3. The zero-order valence-electron chi connectivity index (χ0n) is 29.7. The van der Waals surface area contributed by atoms with Crippen molar-refractivity contribution >= 4 is 22.0 Å². The molecule has 1 aliphatic rings. The molecule has 0 spiro atoms. The highest BCUT2D eigenvalue weighted by Gasteiger charge is 2.41. The van der Waals surface area contributed by atoms with Crippen molar-refractivity contribution in [3.8, 4) is 6.07 Å². The predicted octanol–water partition coefficient (Wildman–Crippen LogP) is 4.91. The number of hydrogen-bond acceptors (Lipinski definition) is 8. The van der Waals surface area contributed by atoms with Crippen LogP contribution in [0.3, 0.4) is 0 Å². The van der Waals surface area contributed by atoms with Gasteiger partial charge >= 0.3 is 6.03 Å². The van der Waals surface area contributed by atoms with Crippen LogP contribution in [0.5, 0.6) is 0 Å². The Hall–Kier alpha value is -4.64. The molecule has 4 rings (SSSR count). The van der Waals surface area contributed by atoms with E-state index in [1.807, 2.05) is 64.1 Å². The molecule has 3 aromatic carbocycles. The number of hydrogen-bond donors (Lipinski definition) is 2. The number of nitriles is 1. The van der Waals surface area contributed by atoms with E-state index in [-0.39, 0.29) is 48.8 Å². The van der Waals surface area contributed by atoms with Gasteiger partial charge in [-0.1, -0.05) is 93.9 Å². The van der Waals surface area contributed by atoms with E-state index in [0.29, 0.717) is 37.2 Å². The minimum Gasteiger partial charge on any atom is -0.390 e.